The Bertz CT molecular complexity index is 650. The first-order chi connectivity index (χ1) is 9.80. The highest BCUT2D eigenvalue weighted by molar-refractivity contribution is 7.80. The van der Waals surface area contributed by atoms with E-state index in [2.05, 4.69) is 10.2 Å². The van der Waals surface area contributed by atoms with E-state index in [1.165, 1.54) is 12.7 Å². The highest BCUT2D eigenvalue weighted by Gasteiger charge is 2.29. The summed E-state index contributed by atoms with van der Waals surface area (Å²) in [6, 6.07) is 7.97. The van der Waals surface area contributed by atoms with Crippen molar-refractivity contribution in [1.29, 1.82) is 0 Å². The minimum Gasteiger partial charge on any atom is -0.726 e. The smallest absolute Gasteiger partial charge is 0.403 e. The fraction of sp³-hybridized carbons (Fsp3) is 0.385. The van der Waals surface area contributed by atoms with E-state index in [0.29, 0.717) is 5.71 Å². The summed E-state index contributed by atoms with van der Waals surface area (Å²) >= 11 is 0. The topological polar surface area (TPSA) is 95.7 Å². The highest BCUT2D eigenvalue weighted by atomic mass is 32.3. The molecule has 1 aromatic rings. The molecule has 1 heterocycles. The average molecular weight is 315 g/mol. The molecular weight excluding hydrogens is 298 g/mol. The molecule has 0 bridgehead atoms. The summed E-state index contributed by atoms with van der Waals surface area (Å²) in [5.41, 5.74) is 2.88. The molecule has 0 atom stereocenters. The van der Waals surface area contributed by atoms with Gasteiger partial charge in [-0.3, -0.25) is 4.18 Å². The zero-order valence-electron chi connectivity index (χ0n) is 12.0. The molecule has 21 heavy (non-hydrogen) atoms. The van der Waals surface area contributed by atoms with Crippen molar-refractivity contribution in [2.24, 2.45) is 0 Å². The highest BCUT2D eigenvalue weighted by Crippen LogP contribution is 2.15. The lowest BCUT2D eigenvalue weighted by Crippen LogP contribution is -2.33. The first-order valence-corrected chi connectivity index (χ1v) is 7.39. The Balaban J connectivity index is 0.000000315. The molecule has 0 amide bonds. The summed E-state index contributed by atoms with van der Waals surface area (Å²) in [4.78, 5) is 11.6. The van der Waals surface area contributed by atoms with E-state index in [4.69, 9.17) is 4.74 Å². The fourth-order valence-corrected chi connectivity index (χ4v) is 1.94. The number of carbonyl (C=O) groups excluding carboxylic acids is 1. The molecule has 0 N–H and O–H groups in total. The van der Waals surface area contributed by atoms with Crippen LogP contribution >= 0.6 is 0 Å². The fourth-order valence-electron chi connectivity index (χ4n) is 1.94. The molecule has 0 unspecified atom stereocenters. The largest absolute Gasteiger partial charge is 0.726 e. The Morgan fingerprint density at radius 1 is 1.29 bits per heavy atom. The summed E-state index contributed by atoms with van der Waals surface area (Å²) in [5.74, 6) is -0.260. The average Bonchev–Trinajstić information content (AvgIpc) is 2.46. The van der Waals surface area contributed by atoms with Crippen molar-refractivity contribution in [3.63, 3.8) is 0 Å². The summed E-state index contributed by atoms with van der Waals surface area (Å²) in [6.45, 7) is 0.863. The van der Waals surface area contributed by atoms with Crippen LogP contribution in [0.4, 0.5) is 0 Å². The third-order valence-corrected chi connectivity index (χ3v) is 3.36. The van der Waals surface area contributed by atoms with Gasteiger partial charge in [0.05, 0.1) is 19.8 Å². The third-order valence-electron chi connectivity index (χ3n) is 2.95. The molecule has 0 fully saturated rings. The van der Waals surface area contributed by atoms with Crippen molar-refractivity contribution in [3.05, 3.63) is 35.4 Å². The van der Waals surface area contributed by atoms with Crippen LogP contribution in [0.25, 0.3) is 0 Å². The number of hydrogen-bond donors (Lipinski definition) is 0. The van der Waals surface area contributed by atoms with Crippen molar-refractivity contribution in [2.75, 3.05) is 27.8 Å². The lowest BCUT2D eigenvalue weighted by Gasteiger charge is -2.14. The van der Waals surface area contributed by atoms with Crippen LogP contribution < -0.4 is 0 Å². The van der Waals surface area contributed by atoms with Gasteiger partial charge in [-0.05, 0) is 11.6 Å². The molecule has 116 valence electrons. The monoisotopic (exact) mass is 315 g/mol. The second-order valence-electron chi connectivity index (χ2n) is 4.24. The number of esters is 1. The lowest BCUT2D eigenvalue weighted by molar-refractivity contribution is -0.497. The van der Waals surface area contributed by atoms with Crippen molar-refractivity contribution in [2.45, 2.75) is 6.42 Å². The van der Waals surface area contributed by atoms with Crippen LogP contribution in [0.15, 0.2) is 24.3 Å². The third kappa shape index (κ3) is 4.92. The summed E-state index contributed by atoms with van der Waals surface area (Å²) in [6.07, 6.45) is 0.979. The number of ether oxygens (including phenoxy) is 1. The number of benzene rings is 1. The lowest BCUT2D eigenvalue weighted by atomic mass is 9.97. The molecule has 0 radical (unpaired) electrons. The van der Waals surface area contributed by atoms with Crippen LogP contribution in [0.5, 0.6) is 0 Å². The Kier molecular flexibility index (Phi) is 6.01. The maximum absolute atomic E-state index is 11.6. The molecule has 0 saturated heterocycles. The molecule has 1 aliphatic rings. The van der Waals surface area contributed by atoms with Gasteiger partial charge in [0.15, 0.2) is 0 Å². The van der Waals surface area contributed by atoms with Gasteiger partial charge in [-0.1, -0.05) is 18.2 Å². The van der Waals surface area contributed by atoms with Crippen molar-refractivity contribution < 1.29 is 31.3 Å². The van der Waals surface area contributed by atoms with Gasteiger partial charge in [0, 0.05) is 6.42 Å². The molecule has 7 nitrogen and oxygen atoms in total. The second-order valence-corrected chi connectivity index (χ2v) is 5.39. The maximum Gasteiger partial charge on any atom is 0.403 e. The van der Waals surface area contributed by atoms with Crippen LogP contribution in [-0.2, 0) is 30.5 Å². The molecule has 1 aliphatic heterocycles. The summed E-state index contributed by atoms with van der Waals surface area (Å²) < 4.78 is 37.8. The van der Waals surface area contributed by atoms with E-state index < -0.39 is 10.4 Å². The van der Waals surface area contributed by atoms with Gasteiger partial charge in [0.2, 0.25) is 10.4 Å². The van der Waals surface area contributed by atoms with Crippen molar-refractivity contribution >= 4 is 22.1 Å². The Morgan fingerprint density at radius 3 is 2.38 bits per heavy atom. The van der Waals surface area contributed by atoms with Crippen LogP contribution in [-0.4, -0.2) is 57.0 Å². The molecule has 0 aromatic heterocycles. The quantitative estimate of drug-likeness (QED) is 0.328. The first-order valence-electron chi connectivity index (χ1n) is 6.06. The van der Waals surface area contributed by atoms with Crippen molar-refractivity contribution in [3.8, 4) is 0 Å². The van der Waals surface area contributed by atoms with Gasteiger partial charge in [-0.25, -0.2) is 17.8 Å². The van der Waals surface area contributed by atoms with E-state index in [1.807, 2.05) is 29.8 Å². The maximum atomic E-state index is 11.6. The molecular formula is C13H17NO6S. The normalized spacial score (nSPS) is 13.9. The minimum atomic E-state index is -4.41. The van der Waals surface area contributed by atoms with Gasteiger partial charge in [0.25, 0.3) is 5.71 Å². The molecule has 0 saturated carbocycles. The number of methoxy groups -OCH3 is 1. The SMILES string of the molecule is COC(=O)C1=[N+](C)CCc2ccccc21.COS(=O)(=O)[O-]. The van der Waals surface area contributed by atoms with Crippen LogP contribution in [0, 0.1) is 0 Å². The summed E-state index contributed by atoms with van der Waals surface area (Å²) in [7, 11) is -0.268. The molecule has 2 rings (SSSR count). The van der Waals surface area contributed by atoms with E-state index in [1.54, 1.807) is 0 Å². The van der Waals surface area contributed by atoms with Gasteiger partial charge in [0.1, 0.15) is 13.6 Å². The van der Waals surface area contributed by atoms with E-state index in [-0.39, 0.29) is 5.97 Å². The predicted molar refractivity (Wildman–Crippen MR) is 74.0 cm³/mol. The number of nitrogens with zero attached hydrogens (tertiary/aromatic N) is 1. The molecule has 0 spiro atoms. The molecule has 8 heteroatoms. The van der Waals surface area contributed by atoms with E-state index >= 15 is 0 Å². The van der Waals surface area contributed by atoms with E-state index in [0.717, 1.165) is 25.6 Å². The number of carbonyl (C=O) groups is 1. The Hall–Kier alpha value is -1.77. The van der Waals surface area contributed by atoms with E-state index in [9.17, 15) is 17.8 Å². The zero-order chi connectivity index (χ0) is 16.0. The minimum absolute atomic E-state index is 0.260. The van der Waals surface area contributed by atoms with Gasteiger partial charge in [-0.2, -0.15) is 0 Å². The van der Waals surface area contributed by atoms with Crippen molar-refractivity contribution in [1.82, 2.24) is 0 Å². The Morgan fingerprint density at radius 2 is 1.86 bits per heavy atom. The Labute approximate surface area is 123 Å². The van der Waals surface area contributed by atoms with Gasteiger partial charge < -0.3 is 9.29 Å². The predicted octanol–water partition coefficient (Wildman–Crippen LogP) is -0.0599. The van der Waals surface area contributed by atoms with Gasteiger partial charge in [-0.15, -0.1) is 0 Å². The number of hydrogen-bond acceptors (Lipinski definition) is 6. The number of likely N-dealkylation sites (N-methyl/N-ethyl adjacent to an activating group) is 1. The zero-order valence-corrected chi connectivity index (χ0v) is 12.8. The first kappa shape index (κ1) is 17.3. The number of fused-ring (bicyclic) bond motifs is 1. The molecule has 1 aromatic carbocycles. The van der Waals surface area contributed by atoms with Gasteiger partial charge >= 0.3 is 5.97 Å². The van der Waals surface area contributed by atoms with Crippen LogP contribution in [0.1, 0.15) is 11.1 Å². The summed E-state index contributed by atoms with van der Waals surface area (Å²) in [5, 5.41) is 0. The standard InChI is InChI=1S/C12H14NO2.CH4O4S/c1-13-8-7-9-5-3-4-6-10(9)11(13)12(14)15-2;1-5-6(2,3)4/h3-6H,7-8H2,1-2H3;1H3,(H,2,3,4)/q+1;/p-1. The number of rotatable bonds is 2. The van der Waals surface area contributed by atoms with Crippen LogP contribution in [0.2, 0.25) is 0 Å². The van der Waals surface area contributed by atoms with Crippen LogP contribution in [0.3, 0.4) is 0 Å². The second kappa shape index (κ2) is 7.30. The molecule has 0 aliphatic carbocycles.